The van der Waals surface area contributed by atoms with Crippen molar-refractivity contribution >= 4 is 37.7 Å². The number of methoxy groups -OCH3 is 2. The number of alkyl halides is 3. The highest BCUT2D eigenvalue weighted by Gasteiger charge is 2.41. The number of nitrogens with one attached hydrogen (secondary N) is 1. The standard InChI is InChI=1S/C28H25F3N6O5S/c1-41-17-7-8-20-22(12-17)37(27(35-20)28(29,30)31)14-24(38)36-9-10-43(39,40)15-23(36)25-32-13-21(33-25)18-11-16-5-3-4-6-19(16)34-26(18)42-2/h3-8,11-13,23H,9-10,14-15H2,1-2H3,(H,32,33). The predicted octanol–water partition coefficient (Wildman–Crippen LogP) is 4.01. The fourth-order valence-corrected chi connectivity index (χ4v) is 6.71. The minimum Gasteiger partial charge on any atom is -0.497 e. The molecule has 1 amide bonds. The zero-order valence-corrected chi connectivity index (χ0v) is 23.7. The van der Waals surface area contributed by atoms with Crippen LogP contribution in [0.5, 0.6) is 11.6 Å². The number of fused-ring (bicyclic) bond motifs is 2. The zero-order chi connectivity index (χ0) is 30.5. The number of sulfone groups is 1. The summed E-state index contributed by atoms with van der Waals surface area (Å²) in [6.45, 7) is -0.953. The van der Waals surface area contributed by atoms with Gasteiger partial charge in [0, 0.05) is 18.0 Å². The number of aromatic nitrogens is 5. The second kappa shape index (κ2) is 10.6. The highest BCUT2D eigenvalue weighted by molar-refractivity contribution is 7.91. The molecule has 0 saturated carbocycles. The number of pyridine rings is 1. The second-order valence-corrected chi connectivity index (χ2v) is 12.2. The molecule has 1 aliphatic heterocycles. The van der Waals surface area contributed by atoms with E-state index >= 15 is 0 Å². The SMILES string of the molecule is COc1ccc2nc(C(F)(F)F)n(CC(=O)N3CCS(=O)(=O)CC3c3ncc(-c4cc5ccccc5nc4OC)[nH]3)c2c1. The second-order valence-electron chi connectivity index (χ2n) is 10.0. The maximum atomic E-state index is 14.0. The molecule has 2 aromatic carbocycles. The molecule has 1 N–H and O–H groups in total. The van der Waals surface area contributed by atoms with E-state index in [-0.39, 0.29) is 29.2 Å². The predicted molar refractivity (Wildman–Crippen MR) is 150 cm³/mol. The van der Waals surface area contributed by atoms with E-state index in [0.29, 0.717) is 28.4 Å². The van der Waals surface area contributed by atoms with Crippen LogP contribution in [0.3, 0.4) is 0 Å². The maximum absolute atomic E-state index is 14.0. The van der Waals surface area contributed by atoms with Crippen molar-refractivity contribution in [1.29, 1.82) is 0 Å². The van der Waals surface area contributed by atoms with Crippen LogP contribution in [0, 0.1) is 0 Å². The molecule has 15 heteroatoms. The molecule has 1 saturated heterocycles. The van der Waals surface area contributed by atoms with Crippen molar-refractivity contribution in [2.75, 3.05) is 32.3 Å². The number of halogens is 3. The summed E-state index contributed by atoms with van der Waals surface area (Å²) in [5, 5.41) is 0.830. The Kier molecular flexibility index (Phi) is 6.99. The minimum atomic E-state index is -4.85. The molecular weight excluding hydrogens is 589 g/mol. The van der Waals surface area contributed by atoms with E-state index in [1.54, 1.807) is 0 Å². The number of hydrogen-bond acceptors (Lipinski definition) is 8. The normalized spacial score (nSPS) is 17.0. The maximum Gasteiger partial charge on any atom is 0.449 e. The fraction of sp³-hybridized carbons (Fsp3) is 0.286. The molecule has 0 bridgehead atoms. The number of H-pyrrole nitrogens is 1. The molecule has 224 valence electrons. The van der Waals surface area contributed by atoms with Gasteiger partial charge in [0.15, 0.2) is 9.84 Å². The van der Waals surface area contributed by atoms with Gasteiger partial charge in [-0.15, -0.1) is 0 Å². The Labute approximate surface area is 243 Å². The number of amides is 1. The number of carbonyl (C=O) groups is 1. The lowest BCUT2D eigenvalue weighted by atomic mass is 10.1. The number of nitrogens with zero attached hydrogens (tertiary/aromatic N) is 5. The van der Waals surface area contributed by atoms with Gasteiger partial charge in [-0.1, -0.05) is 18.2 Å². The van der Waals surface area contributed by atoms with E-state index in [2.05, 4.69) is 19.9 Å². The average molecular weight is 615 g/mol. The molecular formula is C28H25F3N6O5S. The van der Waals surface area contributed by atoms with Crippen molar-refractivity contribution in [3.63, 3.8) is 0 Å². The molecule has 6 rings (SSSR count). The van der Waals surface area contributed by atoms with Crippen molar-refractivity contribution < 1.29 is 35.9 Å². The quantitative estimate of drug-likeness (QED) is 0.304. The van der Waals surface area contributed by atoms with E-state index in [4.69, 9.17) is 9.47 Å². The third-order valence-corrected chi connectivity index (χ3v) is 8.97. The number of benzene rings is 2. The van der Waals surface area contributed by atoms with Gasteiger partial charge in [-0.05, 0) is 24.3 Å². The van der Waals surface area contributed by atoms with Crippen LogP contribution in [0.1, 0.15) is 17.7 Å². The Hall–Kier alpha value is -4.66. The van der Waals surface area contributed by atoms with Gasteiger partial charge in [-0.25, -0.2) is 23.4 Å². The van der Waals surface area contributed by atoms with Crippen LogP contribution in [0.15, 0.2) is 54.7 Å². The van der Waals surface area contributed by atoms with Crippen LogP contribution in [0.2, 0.25) is 0 Å². The number of para-hydroxylation sites is 1. The van der Waals surface area contributed by atoms with Gasteiger partial charge in [0.1, 0.15) is 24.2 Å². The molecule has 0 aliphatic carbocycles. The van der Waals surface area contributed by atoms with E-state index in [0.717, 1.165) is 9.95 Å². The van der Waals surface area contributed by atoms with Gasteiger partial charge in [0.25, 0.3) is 0 Å². The van der Waals surface area contributed by atoms with Crippen LogP contribution >= 0.6 is 0 Å². The van der Waals surface area contributed by atoms with Crippen LogP contribution in [-0.4, -0.2) is 76.0 Å². The molecule has 0 radical (unpaired) electrons. The van der Waals surface area contributed by atoms with Gasteiger partial charge < -0.3 is 23.9 Å². The Morgan fingerprint density at radius 1 is 1.07 bits per heavy atom. The highest BCUT2D eigenvalue weighted by Crippen LogP contribution is 2.35. The molecule has 1 unspecified atom stereocenters. The first-order valence-corrected chi connectivity index (χ1v) is 14.9. The average Bonchev–Trinajstić information content (AvgIpc) is 3.61. The molecule has 11 nitrogen and oxygen atoms in total. The molecule has 1 atom stereocenters. The van der Waals surface area contributed by atoms with Gasteiger partial charge in [0.2, 0.25) is 17.6 Å². The van der Waals surface area contributed by atoms with Crippen LogP contribution in [-0.2, 0) is 27.4 Å². The number of ether oxygens (including phenoxy) is 2. The number of carbonyl (C=O) groups excluding carboxylic acids is 1. The topological polar surface area (TPSA) is 132 Å². The summed E-state index contributed by atoms with van der Waals surface area (Å²) < 4.78 is 78.7. The lowest BCUT2D eigenvalue weighted by molar-refractivity contribution is -0.148. The van der Waals surface area contributed by atoms with Crippen molar-refractivity contribution in [3.05, 3.63) is 66.4 Å². The molecule has 1 aliphatic rings. The van der Waals surface area contributed by atoms with Gasteiger partial charge in [0.05, 0.1) is 59.7 Å². The summed E-state index contributed by atoms with van der Waals surface area (Å²) in [6.07, 6.45) is -3.37. The van der Waals surface area contributed by atoms with E-state index < -0.39 is 46.1 Å². The monoisotopic (exact) mass is 614 g/mol. The summed E-state index contributed by atoms with van der Waals surface area (Å²) in [4.78, 5) is 30.6. The Balaban J connectivity index is 1.37. The zero-order valence-electron chi connectivity index (χ0n) is 22.9. The molecule has 5 aromatic rings. The summed E-state index contributed by atoms with van der Waals surface area (Å²) >= 11 is 0. The first-order chi connectivity index (χ1) is 20.5. The summed E-state index contributed by atoms with van der Waals surface area (Å²) in [5.41, 5.74) is 1.82. The van der Waals surface area contributed by atoms with Gasteiger partial charge in [-0.2, -0.15) is 13.2 Å². The van der Waals surface area contributed by atoms with Gasteiger partial charge in [-0.3, -0.25) is 4.79 Å². The summed E-state index contributed by atoms with van der Waals surface area (Å²) in [6, 6.07) is 12.4. The first kappa shape index (κ1) is 28.5. The molecule has 0 spiro atoms. The third-order valence-electron chi connectivity index (χ3n) is 7.34. The Morgan fingerprint density at radius 2 is 1.86 bits per heavy atom. The third kappa shape index (κ3) is 5.35. The number of rotatable bonds is 6. The number of aromatic amines is 1. The molecule has 3 aromatic heterocycles. The van der Waals surface area contributed by atoms with E-state index in [9.17, 15) is 26.4 Å². The Morgan fingerprint density at radius 3 is 2.60 bits per heavy atom. The minimum absolute atomic E-state index is 0.0346. The molecule has 43 heavy (non-hydrogen) atoms. The van der Waals surface area contributed by atoms with Crippen molar-refractivity contribution in [2.24, 2.45) is 0 Å². The molecule has 1 fully saturated rings. The number of hydrogen-bond donors (Lipinski definition) is 1. The van der Waals surface area contributed by atoms with Crippen LogP contribution in [0.4, 0.5) is 13.2 Å². The molecule has 4 heterocycles. The smallest absolute Gasteiger partial charge is 0.449 e. The van der Waals surface area contributed by atoms with Crippen LogP contribution < -0.4 is 9.47 Å². The fourth-order valence-electron chi connectivity index (χ4n) is 5.25. The van der Waals surface area contributed by atoms with Crippen LogP contribution in [0.25, 0.3) is 33.2 Å². The van der Waals surface area contributed by atoms with Crippen molar-refractivity contribution in [3.8, 4) is 22.9 Å². The Bertz CT molecular complexity index is 1970. The van der Waals surface area contributed by atoms with E-state index in [1.807, 2.05) is 30.3 Å². The largest absolute Gasteiger partial charge is 0.497 e. The first-order valence-electron chi connectivity index (χ1n) is 13.1. The number of imidazole rings is 2. The lowest BCUT2D eigenvalue weighted by Gasteiger charge is -2.34. The van der Waals surface area contributed by atoms with E-state index in [1.165, 1.54) is 43.5 Å². The summed E-state index contributed by atoms with van der Waals surface area (Å²) in [7, 11) is -0.746. The van der Waals surface area contributed by atoms with Crippen molar-refractivity contribution in [2.45, 2.75) is 18.8 Å². The lowest BCUT2D eigenvalue weighted by Crippen LogP contribution is -2.47. The highest BCUT2D eigenvalue weighted by atomic mass is 32.2. The van der Waals surface area contributed by atoms with Gasteiger partial charge >= 0.3 is 6.18 Å². The van der Waals surface area contributed by atoms with Crippen molar-refractivity contribution in [1.82, 2.24) is 29.4 Å². The summed E-state index contributed by atoms with van der Waals surface area (Å²) in [5.74, 6) is -2.01.